The minimum absolute atomic E-state index is 0. The fourth-order valence-electron chi connectivity index (χ4n) is 11.0. The predicted molar refractivity (Wildman–Crippen MR) is 383 cm³/mol. The van der Waals surface area contributed by atoms with Gasteiger partial charge < -0.3 is 28.2 Å². The van der Waals surface area contributed by atoms with Gasteiger partial charge in [0.05, 0.1) is 16.7 Å². The van der Waals surface area contributed by atoms with Gasteiger partial charge in [-0.3, -0.25) is 0 Å². The number of pyridine rings is 3. The first-order valence-electron chi connectivity index (χ1n) is 31.5. The average molecular weight is 1450 g/mol. The molecule has 0 fully saturated rings. The zero-order valence-corrected chi connectivity index (χ0v) is 57.2. The van der Waals surface area contributed by atoms with E-state index in [1.165, 1.54) is 36.4 Å². The number of aromatic nitrogens is 3. The number of hydrogen-bond donors (Lipinski definition) is 0. The maximum Gasteiger partial charge on any atom is 3.00 e. The first kappa shape index (κ1) is 66.0. The van der Waals surface area contributed by atoms with Crippen molar-refractivity contribution < 1.29 is 46.5 Å². The molecule has 0 N–H and O–H groups in total. The van der Waals surface area contributed by atoms with Crippen molar-refractivity contribution in [3.05, 3.63) is 271 Å². The fourth-order valence-corrected chi connectivity index (χ4v) is 11.0. The van der Waals surface area contributed by atoms with E-state index < -0.39 is 0 Å². The molecule has 474 valence electrons. The van der Waals surface area contributed by atoms with Crippen LogP contribution in [0.5, 0.6) is 0 Å². The Kier molecular flexibility index (Phi) is 18.6. The smallest absolute Gasteiger partial charge is 0.500 e. The molecule has 9 aromatic carbocycles. The van der Waals surface area contributed by atoms with Crippen molar-refractivity contribution in [1.29, 1.82) is 0 Å². The Morgan fingerprint density at radius 2 is 0.577 bits per heavy atom. The molecule has 0 unspecified atom stereocenters. The largest absolute Gasteiger partial charge is 3.00 e. The predicted octanol–water partition coefficient (Wildman–Crippen LogP) is 23.0. The standard InChI is InChI=1S/3C29H21FNO.Ir/c3*1-29(2,3)15-13-19-7-9-20(10-8-19)21-14-16-31-26(17-21)25-6-4-5-24-23-12-11-22(30)18-27(23)32-28(24)25;/h3*4-5,7-12,14,16-18H,1-3H3;/q3*-1;+3. The first-order valence-corrected chi connectivity index (χ1v) is 31.5. The Morgan fingerprint density at radius 3 is 0.835 bits per heavy atom. The van der Waals surface area contributed by atoms with E-state index in [2.05, 4.69) is 167 Å². The van der Waals surface area contributed by atoms with Gasteiger partial charge in [0.15, 0.2) is 0 Å². The molecule has 0 aliphatic rings. The number of fused-ring (bicyclic) bond motifs is 9. The molecular formula is C87H63F3IrN3O3. The number of furan rings is 3. The van der Waals surface area contributed by atoms with E-state index in [-0.39, 0.29) is 53.8 Å². The molecule has 6 aromatic heterocycles. The van der Waals surface area contributed by atoms with Gasteiger partial charge >= 0.3 is 20.1 Å². The summed E-state index contributed by atoms with van der Waals surface area (Å²) in [4.78, 5) is 13.7. The van der Waals surface area contributed by atoms with Crippen molar-refractivity contribution in [2.45, 2.75) is 62.3 Å². The van der Waals surface area contributed by atoms with Crippen molar-refractivity contribution in [3.8, 4) is 103 Å². The summed E-state index contributed by atoms with van der Waals surface area (Å²) < 4.78 is 59.1. The average Bonchev–Trinajstić information content (AvgIpc) is 1.65. The summed E-state index contributed by atoms with van der Waals surface area (Å²) in [5.74, 6) is 18.5. The summed E-state index contributed by atoms with van der Waals surface area (Å²) in [5.41, 5.74) is 17.3. The molecule has 0 radical (unpaired) electrons. The minimum Gasteiger partial charge on any atom is -0.500 e. The molecule has 0 saturated carbocycles. The van der Waals surface area contributed by atoms with Gasteiger partial charge in [-0.05, 0) is 204 Å². The van der Waals surface area contributed by atoms with Crippen molar-refractivity contribution in [1.82, 2.24) is 15.0 Å². The van der Waals surface area contributed by atoms with E-state index >= 15 is 0 Å². The molecule has 15 rings (SSSR count). The first-order chi connectivity index (χ1) is 46.1. The number of benzene rings is 9. The molecule has 0 bridgehead atoms. The fraction of sp³-hybridized carbons (Fsp3) is 0.138. The van der Waals surface area contributed by atoms with Crippen LogP contribution in [0.25, 0.3) is 133 Å². The second-order valence-corrected chi connectivity index (χ2v) is 26.5. The van der Waals surface area contributed by atoms with Crippen molar-refractivity contribution in [3.63, 3.8) is 0 Å². The number of hydrogen-bond acceptors (Lipinski definition) is 6. The number of halogens is 3. The zero-order chi connectivity index (χ0) is 66.9. The van der Waals surface area contributed by atoms with Crippen molar-refractivity contribution in [2.24, 2.45) is 16.2 Å². The molecule has 97 heavy (non-hydrogen) atoms. The van der Waals surface area contributed by atoms with Gasteiger partial charge in [0.1, 0.15) is 34.2 Å². The normalized spacial score (nSPS) is 11.4. The molecule has 0 atom stereocenters. The Bertz CT molecular complexity index is 5090. The van der Waals surface area contributed by atoms with Gasteiger partial charge in [-0.1, -0.05) is 123 Å². The van der Waals surface area contributed by atoms with E-state index in [1.807, 2.05) is 109 Å². The molecule has 10 heteroatoms. The molecule has 15 aromatic rings. The van der Waals surface area contributed by atoms with Crippen LogP contribution < -0.4 is 0 Å². The van der Waals surface area contributed by atoms with E-state index in [0.717, 1.165) is 116 Å². The van der Waals surface area contributed by atoms with Crippen LogP contribution in [0.4, 0.5) is 13.2 Å². The molecule has 0 aliphatic heterocycles. The van der Waals surface area contributed by atoms with Crippen LogP contribution in [0.3, 0.4) is 0 Å². The van der Waals surface area contributed by atoms with Crippen LogP contribution >= 0.6 is 0 Å². The zero-order valence-electron chi connectivity index (χ0n) is 54.8. The van der Waals surface area contributed by atoms with E-state index in [4.69, 9.17) is 13.3 Å². The summed E-state index contributed by atoms with van der Waals surface area (Å²) in [6.45, 7) is 18.9. The molecule has 0 aliphatic carbocycles. The number of rotatable bonds is 6. The van der Waals surface area contributed by atoms with Crippen LogP contribution in [0.2, 0.25) is 0 Å². The van der Waals surface area contributed by atoms with Crippen molar-refractivity contribution in [2.75, 3.05) is 0 Å². The van der Waals surface area contributed by atoms with Crippen LogP contribution in [0.1, 0.15) is 79.0 Å². The summed E-state index contributed by atoms with van der Waals surface area (Å²) in [5, 5.41) is 5.38. The maximum atomic E-state index is 13.7. The van der Waals surface area contributed by atoms with Crippen molar-refractivity contribution >= 4 is 65.8 Å². The Hall–Kier alpha value is -11.1. The summed E-state index contributed by atoms with van der Waals surface area (Å²) in [6, 6.07) is 71.6. The minimum atomic E-state index is -0.321. The third kappa shape index (κ3) is 15.2. The number of nitrogens with zero attached hydrogens (tertiary/aromatic N) is 3. The van der Waals surface area contributed by atoms with Crippen LogP contribution in [-0.2, 0) is 20.1 Å². The second-order valence-electron chi connectivity index (χ2n) is 26.5. The van der Waals surface area contributed by atoms with E-state index in [0.29, 0.717) is 33.5 Å². The Labute approximate surface area is 576 Å². The SMILES string of the molecule is CC(C)(C)C#Cc1ccc(-c2ccnc(-c3[c-]ccc4c3oc3cc(F)ccc34)c2)cc1.CC(C)(C)C#Cc1ccc(-c2ccnc(-c3[c-]ccc4c3oc3cc(F)ccc34)c2)cc1.CC(C)(C)C#Cc1ccc(-c2ccnc(-c3[c-]ccc4c3oc3cc(F)ccc34)c2)cc1.[Ir+3]. The molecular weight excluding hydrogens is 1380 g/mol. The molecule has 0 amide bonds. The van der Waals surface area contributed by atoms with E-state index in [9.17, 15) is 13.2 Å². The molecule has 6 heterocycles. The molecule has 0 spiro atoms. The summed E-state index contributed by atoms with van der Waals surface area (Å²) in [6.07, 6.45) is 5.35. The Balaban J connectivity index is 0.000000138. The van der Waals surface area contributed by atoms with Crippen LogP contribution in [0, 0.1) is 87.4 Å². The van der Waals surface area contributed by atoms with Gasteiger partial charge in [-0.2, -0.15) is 0 Å². The maximum absolute atomic E-state index is 13.7. The van der Waals surface area contributed by atoms with Gasteiger partial charge in [0.2, 0.25) is 0 Å². The third-order valence-corrected chi connectivity index (χ3v) is 15.6. The molecule has 0 saturated heterocycles. The second kappa shape index (κ2) is 27.4. The van der Waals surface area contributed by atoms with Crippen LogP contribution in [0.15, 0.2) is 232 Å². The summed E-state index contributed by atoms with van der Waals surface area (Å²) >= 11 is 0. The van der Waals surface area contributed by atoms with Gasteiger partial charge in [0.25, 0.3) is 0 Å². The molecule has 6 nitrogen and oxygen atoms in total. The van der Waals surface area contributed by atoms with Gasteiger partial charge in [0, 0.05) is 85.9 Å². The van der Waals surface area contributed by atoms with Gasteiger partial charge in [-0.25, -0.2) is 13.2 Å². The monoisotopic (exact) mass is 1450 g/mol. The Morgan fingerprint density at radius 1 is 0.309 bits per heavy atom. The third-order valence-electron chi connectivity index (χ3n) is 15.6. The summed E-state index contributed by atoms with van der Waals surface area (Å²) in [7, 11) is 0. The van der Waals surface area contributed by atoms with Crippen LogP contribution in [-0.4, -0.2) is 15.0 Å². The van der Waals surface area contributed by atoms with E-state index in [1.54, 1.807) is 36.8 Å². The van der Waals surface area contributed by atoms with Gasteiger partial charge in [-0.15, -0.1) is 54.6 Å². The topological polar surface area (TPSA) is 78.1 Å². The quantitative estimate of drug-likeness (QED) is 0.122.